The van der Waals surface area contributed by atoms with Gasteiger partial charge in [0.1, 0.15) is 0 Å². The summed E-state index contributed by atoms with van der Waals surface area (Å²) in [6.45, 7) is 3.67. The summed E-state index contributed by atoms with van der Waals surface area (Å²) in [7, 11) is 0. The predicted octanol–water partition coefficient (Wildman–Crippen LogP) is 3.88. The summed E-state index contributed by atoms with van der Waals surface area (Å²) in [6, 6.07) is 2.41. The van der Waals surface area contributed by atoms with Gasteiger partial charge in [0.15, 0.2) is 5.60 Å². The van der Waals surface area contributed by atoms with Crippen molar-refractivity contribution >= 4 is 23.4 Å². The van der Waals surface area contributed by atoms with Crippen molar-refractivity contribution in [2.24, 2.45) is 0 Å². The molecule has 0 N–H and O–H groups in total. The lowest BCUT2D eigenvalue weighted by molar-refractivity contribution is -0.149. The molecule has 1 rings (SSSR count). The van der Waals surface area contributed by atoms with Crippen LogP contribution >= 0.6 is 11.6 Å². The van der Waals surface area contributed by atoms with E-state index in [1.54, 1.807) is 0 Å². The van der Waals surface area contributed by atoms with Gasteiger partial charge in [-0.05, 0) is 32.0 Å². The summed E-state index contributed by atoms with van der Waals surface area (Å²) in [5.74, 6) is -1.52. The molecule has 110 valence electrons. The Labute approximate surface area is 118 Å². The molecule has 0 aliphatic heterocycles. The highest BCUT2D eigenvalue weighted by Gasteiger charge is 2.36. The number of hydrogen-bond donors (Lipinski definition) is 0. The van der Waals surface area contributed by atoms with E-state index in [1.165, 1.54) is 13.8 Å². The van der Waals surface area contributed by atoms with Crippen LogP contribution in [0.5, 0.6) is 0 Å². The van der Waals surface area contributed by atoms with Crippen molar-refractivity contribution in [2.75, 3.05) is 0 Å². The molecule has 0 aliphatic carbocycles. The molecule has 0 bridgehead atoms. The van der Waals surface area contributed by atoms with E-state index in [2.05, 4.69) is 0 Å². The Bertz CT molecular complexity index is 550. The Balaban J connectivity index is 3.25. The summed E-state index contributed by atoms with van der Waals surface area (Å²) < 4.78 is 42.7. The van der Waals surface area contributed by atoms with Crippen molar-refractivity contribution in [2.45, 2.75) is 32.5 Å². The fraction of sp³-hybridized carbons (Fsp3) is 0.385. The number of ether oxygens (including phenoxy) is 1. The van der Waals surface area contributed by atoms with Crippen LogP contribution in [0.3, 0.4) is 0 Å². The minimum atomic E-state index is -4.59. The summed E-state index contributed by atoms with van der Waals surface area (Å²) in [6.07, 6.45) is -4.59. The zero-order valence-electron chi connectivity index (χ0n) is 11.0. The minimum Gasteiger partial charge on any atom is -0.451 e. The smallest absolute Gasteiger partial charge is 0.416 e. The van der Waals surface area contributed by atoms with Crippen molar-refractivity contribution in [3.63, 3.8) is 0 Å². The normalized spacial score (nSPS) is 12.2. The third-order valence-electron chi connectivity index (χ3n) is 2.48. The number of carbonyl (C=O) groups is 2. The second-order valence-corrected chi connectivity index (χ2v) is 5.03. The first-order valence-corrected chi connectivity index (χ1v) is 5.94. The van der Waals surface area contributed by atoms with Gasteiger partial charge in [-0.3, -0.25) is 9.59 Å². The molecule has 20 heavy (non-hydrogen) atoms. The van der Waals surface area contributed by atoms with Crippen LogP contribution in [-0.2, 0) is 15.7 Å². The number of alkyl halides is 3. The van der Waals surface area contributed by atoms with E-state index in [4.69, 9.17) is 16.3 Å². The third-order valence-corrected chi connectivity index (χ3v) is 2.81. The minimum absolute atomic E-state index is 0.136. The van der Waals surface area contributed by atoms with E-state index in [1.807, 2.05) is 0 Å². The number of hydrogen-bond acceptors (Lipinski definition) is 3. The molecule has 0 unspecified atom stereocenters. The quantitative estimate of drug-likeness (QED) is 0.628. The van der Waals surface area contributed by atoms with Crippen molar-refractivity contribution < 1.29 is 27.5 Å². The van der Waals surface area contributed by atoms with Crippen molar-refractivity contribution in [1.82, 2.24) is 0 Å². The van der Waals surface area contributed by atoms with Gasteiger partial charge < -0.3 is 4.74 Å². The molecule has 0 saturated carbocycles. The first kappa shape index (κ1) is 16.5. The Morgan fingerprint density at radius 1 is 1.20 bits per heavy atom. The zero-order valence-corrected chi connectivity index (χ0v) is 11.7. The summed E-state index contributed by atoms with van der Waals surface area (Å²) >= 11 is 5.76. The first-order chi connectivity index (χ1) is 8.95. The second-order valence-electron chi connectivity index (χ2n) is 4.63. The SMILES string of the molecule is CC(=O)OC(C)(C)C(=O)c1cc(C(F)(F)F)ccc1Cl. The molecule has 7 heteroatoms. The Kier molecular flexibility index (Phi) is 4.49. The molecule has 0 aromatic heterocycles. The first-order valence-electron chi connectivity index (χ1n) is 5.56. The molecule has 1 aromatic rings. The molecular weight excluding hydrogens is 297 g/mol. The standard InChI is InChI=1S/C13H12ClF3O3/c1-7(18)20-12(2,3)11(19)9-6-8(13(15,16)17)4-5-10(9)14/h4-6H,1-3H3. The monoisotopic (exact) mass is 308 g/mol. The molecule has 0 heterocycles. The van der Waals surface area contributed by atoms with Crippen LogP contribution in [-0.4, -0.2) is 17.4 Å². The highest BCUT2D eigenvalue weighted by molar-refractivity contribution is 6.34. The lowest BCUT2D eigenvalue weighted by Crippen LogP contribution is -2.37. The van der Waals surface area contributed by atoms with E-state index < -0.39 is 29.1 Å². The average molecular weight is 309 g/mol. The number of halogens is 4. The number of carbonyl (C=O) groups excluding carboxylic acids is 2. The largest absolute Gasteiger partial charge is 0.451 e. The van der Waals surface area contributed by atoms with Crippen molar-refractivity contribution in [3.8, 4) is 0 Å². The van der Waals surface area contributed by atoms with E-state index in [9.17, 15) is 22.8 Å². The number of esters is 1. The van der Waals surface area contributed by atoms with Crippen LogP contribution < -0.4 is 0 Å². The molecule has 0 saturated heterocycles. The Morgan fingerprint density at radius 2 is 1.75 bits per heavy atom. The van der Waals surface area contributed by atoms with Gasteiger partial charge in [-0.25, -0.2) is 0 Å². The maximum atomic E-state index is 12.6. The molecule has 0 fully saturated rings. The van der Waals surface area contributed by atoms with Gasteiger partial charge in [-0.2, -0.15) is 13.2 Å². The van der Waals surface area contributed by atoms with Gasteiger partial charge >= 0.3 is 12.1 Å². The number of Topliss-reactive ketones (excluding diaryl/α,β-unsaturated/α-hetero) is 1. The van der Waals surface area contributed by atoms with E-state index in [0.717, 1.165) is 19.1 Å². The van der Waals surface area contributed by atoms with Crippen molar-refractivity contribution in [1.29, 1.82) is 0 Å². The summed E-state index contributed by atoms with van der Waals surface area (Å²) in [5, 5.41) is -0.136. The lowest BCUT2D eigenvalue weighted by atomic mass is 9.95. The number of ketones is 1. The van der Waals surface area contributed by atoms with Gasteiger partial charge in [0.05, 0.1) is 10.6 Å². The summed E-state index contributed by atoms with van der Waals surface area (Å²) in [4.78, 5) is 23.1. The van der Waals surface area contributed by atoms with Crippen LogP contribution in [0.25, 0.3) is 0 Å². The molecule has 0 spiro atoms. The predicted molar refractivity (Wildman–Crippen MR) is 66.6 cm³/mol. The zero-order chi connectivity index (χ0) is 15.7. The number of benzene rings is 1. The highest BCUT2D eigenvalue weighted by Crippen LogP contribution is 2.33. The fourth-order valence-electron chi connectivity index (χ4n) is 1.61. The molecule has 0 aliphatic rings. The van der Waals surface area contributed by atoms with Crippen LogP contribution in [0.4, 0.5) is 13.2 Å². The van der Waals surface area contributed by atoms with Crippen molar-refractivity contribution in [3.05, 3.63) is 34.3 Å². The van der Waals surface area contributed by atoms with Gasteiger partial charge in [-0.15, -0.1) is 0 Å². The third kappa shape index (κ3) is 3.72. The fourth-order valence-corrected chi connectivity index (χ4v) is 1.81. The van der Waals surface area contributed by atoms with Gasteiger partial charge in [0, 0.05) is 12.5 Å². The molecule has 3 nitrogen and oxygen atoms in total. The Morgan fingerprint density at radius 3 is 2.20 bits per heavy atom. The van der Waals surface area contributed by atoms with Crippen LogP contribution in [0.2, 0.25) is 5.02 Å². The molecule has 0 amide bonds. The van der Waals surface area contributed by atoms with Gasteiger partial charge in [0.25, 0.3) is 0 Å². The topological polar surface area (TPSA) is 43.4 Å². The average Bonchev–Trinajstić information content (AvgIpc) is 2.25. The molecule has 1 aromatic carbocycles. The number of rotatable bonds is 3. The molecular formula is C13H12ClF3O3. The molecule has 0 atom stereocenters. The second kappa shape index (κ2) is 5.44. The van der Waals surface area contributed by atoms with Crippen LogP contribution in [0.15, 0.2) is 18.2 Å². The van der Waals surface area contributed by atoms with Crippen LogP contribution in [0.1, 0.15) is 36.7 Å². The Hall–Kier alpha value is -1.56. The molecule has 0 radical (unpaired) electrons. The maximum Gasteiger partial charge on any atom is 0.416 e. The van der Waals surface area contributed by atoms with E-state index >= 15 is 0 Å². The van der Waals surface area contributed by atoms with E-state index in [-0.39, 0.29) is 10.6 Å². The van der Waals surface area contributed by atoms with Crippen LogP contribution in [0, 0.1) is 0 Å². The summed E-state index contributed by atoms with van der Waals surface area (Å²) in [5.41, 5.74) is -2.93. The lowest BCUT2D eigenvalue weighted by Gasteiger charge is -2.23. The maximum absolute atomic E-state index is 12.6. The van der Waals surface area contributed by atoms with E-state index in [0.29, 0.717) is 6.07 Å². The van der Waals surface area contributed by atoms with Gasteiger partial charge in [0.2, 0.25) is 5.78 Å². The highest BCUT2D eigenvalue weighted by atomic mass is 35.5. The van der Waals surface area contributed by atoms with Gasteiger partial charge in [-0.1, -0.05) is 11.6 Å².